The molecule has 0 unspecified atom stereocenters. The Morgan fingerprint density at radius 1 is 0.511 bits per heavy atom. The van der Waals surface area contributed by atoms with Gasteiger partial charge in [0.1, 0.15) is 34.7 Å². The molecule has 5 aromatic heterocycles. The van der Waals surface area contributed by atoms with E-state index < -0.39 is 0 Å². The van der Waals surface area contributed by atoms with Crippen LogP contribution in [0.2, 0.25) is 0 Å². The minimum atomic E-state index is 0.485. The molecule has 7 nitrogen and oxygen atoms in total. The Labute approximate surface area is 257 Å². The zero-order valence-electron chi connectivity index (χ0n) is 23.6. The van der Waals surface area contributed by atoms with E-state index in [2.05, 4.69) is 62.4 Å². The lowest BCUT2D eigenvalue weighted by Gasteiger charge is -2.09. The van der Waals surface area contributed by atoms with E-state index >= 15 is 0 Å². The van der Waals surface area contributed by atoms with Crippen molar-refractivity contribution in [2.45, 2.75) is 0 Å². The van der Waals surface area contributed by atoms with Gasteiger partial charge in [-0.15, -0.1) is 0 Å². The molecule has 8 rings (SSSR count). The van der Waals surface area contributed by atoms with Gasteiger partial charge in [-0.25, -0.2) is 0 Å². The average molecular weight is 577 g/mol. The predicted octanol–water partition coefficient (Wildman–Crippen LogP) is 8.73. The molecular weight excluding hydrogens is 556 g/mol. The van der Waals surface area contributed by atoms with Gasteiger partial charge in [-0.3, -0.25) is 19.9 Å². The summed E-state index contributed by atoms with van der Waals surface area (Å²) in [5, 5.41) is 23.2. The number of hydrogen-bond donors (Lipinski definition) is 0. The molecule has 0 radical (unpaired) electrons. The molecular formula is C38H20N6O. The fraction of sp³-hybridized carbons (Fsp3) is 0. The van der Waals surface area contributed by atoms with Crippen LogP contribution in [0, 0.1) is 22.7 Å². The molecule has 3 aromatic carbocycles. The van der Waals surface area contributed by atoms with Crippen molar-refractivity contribution in [3.63, 3.8) is 0 Å². The number of nitrogens with zero attached hydrogens (tertiary/aromatic N) is 6. The van der Waals surface area contributed by atoms with Crippen LogP contribution in [0.1, 0.15) is 11.1 Å². The summed E-state index contributed by atoms with van der Waals surface area (Å²) >= 11 is 0. The summed E-state index contributed by atoms with van der Waals surface area (Å²) in [6.07, 6.45) is 6.94. The van der Waals surface area contributed by atoms with E-state index in [1.165, 1.54) is 0 Å². The third-order valence-electron chi connectivity index (χ3n) is 7.99. The molecule has 0 aliphatic carbocycles. The Bertz CT molecular complexity index is 2500. The van der Waals surface area contributed by atoms with Crippen molar-refractivity contribution in [2.75, 3.05) is 0 Å². The summed E-state index contributed by atoms with van der Waals surface area (Å²) in [7, 11) is 0. The average Bonchev–Trinajstić information content (AvgIpc) is 3.49. The summed E-state index contributed by atoms with van der Waals surface area (Å²) in [4.78, 5) is 18.0. The fourth-order valence-electron chi connectivity index (χ4n) is 5.86. The molecule has 0 bridgehead atoms. The lowest BCUT2D eigenvalue weighted by molar-refractivity contribution is 0.669. The largest absolute Gasteiger partial charge is 0.456 e. The standard InChI is InChI=1S/C38H20N6O/c39-19-24-5-3-15-41-37(24)32-13-10-26(21-43-32)23-9-12-30-34(17-23)45-35-18-31(28-7-1-2-8-29(28)36(30)35)27-11-14-33(44-22-27)38-25(20-40)6-4-16-42-38/h1-18,21-22H. The molecule has 0 saturated carbocycles. The van der Waals surface area contributed by atoms with E-state index in [-0.39, 0.29) is 0 Å². The normalized spacial score (nSPS) is 11.1. The highest BCUT2D eigenvalue weighted by Crippen LogP contribution is 2.41. The van der Waals surface area contributed by atoms with Crippen LogP contribution in [0.4, 0.5) is 0 Å². The summed E-state index contributed by atoms with van der Waals surface area (Å²) in [6, 6.07) is 35.7. The number of pyridine rings is 4. The van der Waals surface area contributed by atoms with Crippen molar-refractivity contribution in [1.82, 2.24) is 19.9 Å². The molecule has 0 amide bonds. The smallest absolute Gasteiger partial charge is 0.136 e. The molecule has 45 heavy (non-hydrogen) atoms. The number of aromatic nitrogens is 4. The van der Waals surface area contributed by atoms with E-state index in [0.717, 1.165) is 55.0 Å². The first-order valence-electron chi connectivity index (χ1n) is 14.2. The Balaban J connectivity index is 1.21. The van der Waals surface area contributed by atoms with Crippen LogP contribution < -0.4 is 0 Å². The second-order valence-electron chi connectivity index (χ2n) is 10.5. The number of nitriles is 2. The Hall–Kier alpha value is -6.70. The van der Waals surface area contributed by atoms with Gasteiger partial charge in [0.15, 0.2) is 0 Å². The third kappa shape index (κ3) is 4.36. The van der Waals surface area contributed by atoms with Gasteiger partial charge in [0, 0.05) is 46.7 Å². The maximum Gasteiger partial charge on any atom is 0.136 e. The van der Waals surface area contributed by atoms with Gasteiger partial charge >= 0.3 is 0 Å². The van der Waals surface area contributed by atoms with E-state index in [1.807, 2.05) is 48.7 Å². The predicted molar refractivity (Wildman–Crippen MR) is 174 cm³/mol. The number of rotatable bonds is 4. The van der Waals surface area contributed by atoms with Gasteiger partial charge < -0.3 is 4.42 Å². The summed E-state index contributed by atoms with van der Waals surface area (Å²) in [6.45, 7) is 0. The third-order valence-corrected chi connectivity index (χ3v) is 7.99. The van der Waals surface area contributed by atoms with Crippen molar-refractivity contribution >= 4 is 32.7 Å². The fourth-order valence-corrected chi connectivity index (χ4v) is 5.86. The van der Waals surface area contributed by atoms with Gasteiger partial charge in [-0.1, -0.05) is 42.5 Å². The van der Waals surface area contributed by atoms with Crippen LogP contribution in [-0.4, -0.2) is 19.9 Å². The zero-order valence-corrected chi connectivity index (χ0v) is 23.6. The van der Waals surface area contributed by atoms with Crippen LogP contribution >= 0.6 is 0 Å². The number of furan rings is 1. The second-order valence-corrected chi connectivity index (χ2v) is 10.5. The van der Waals surface area contributed by atoms with E-state index in [1.54, 1.807) is 42.9 Å². The van der Waals surface area contributed by atoms with Gasteiger partial charge in [-0.05, 0) is 76.5 Å². The van der Waals surface area contributed by atoms with Crippen LogP contribution in [0.25, 0.3) is 77.7 Å². The van der Waals surface area contributed by atoms with Crippen molar-refractivity contribution < 1.29 is 4.42 Å². The molecule has 0 N–H and O–H groups in total. The van der Waals surface area contributed by atoms with E-state index in [4.69, 9.17) is 4.42 Å². The molecule has 208 valence electrons. The van der Waals surface area contributed by atoms with Crippen LogP contribution in [-0.2, 0) is 0 Å². The van der Waals surface area contributed by atoms with Gasteiger partial charge in [-0.2, -0.15) is 10.5 Å². The molecule has 8 aromatic rings. The minimum absolute atomic E-state index is 0.485. The van der Waals surface area contributed by atoms with Crippen LogP contribution in [0.5, 0.6) is 0 Å². The van der Waals surface area contributed by atoms with E-state index in [0.29, 0.717) is 33.9 Å². The summed E-state index contributed by atoms with van der Waals surface area (Å²) < 4.78 is 6.50. The molecule has 0 atom stereocenters. The SMILES string of the molecule is N#Cc1cccnc1-c1ccc(-c2ccc3c(c2)oc2cc(-c4ccc(-c5ncccc5C#N)nc4)c4ccccc4c23)cn1. The lowest BCUT2D eigenvalue weighted by Crippen LogP contribution is -1.92. The van der Waals surface area contributed by atoms with Gasteiger partial charge in [0.05, 0.1) is 22.5 Å². The highest BCUT2D eigenvalue weighted by molar-refractivity contribution is 6.22. The minimum Gasteiger partial charge on any atom is -0.456 e. The number of benzene rings is 3. The lowest BCUT2D eigenvalue weighted by atomic mass is 9.95. The second kappa shape index (κ2) is 10.5. The summed E-state index contributed by atoms with van der Waals surface area (Å²) in [5.41, 5.74) is 8.79. The molecule has 0 saturated heterocycles. The van der Waals surface area contributed by atoms with Gasteiger partial charge in [0.2, 0.25) is 0 Å². The molecule has 0 fully saturated rings. The van der Waals surface area contributed by atoms with Crippen LogP contribution in [0.15, 0.2) is 126 Å². The molecule has 0 aliphatic heterocycles. The maximum absolute atomic E-state index is 9.50. The summed E-state index contributed by atoms with van der Waals surface area (Å²) in [5.74, 6) is 0. The Kier molecular flexibility index (Phi) is 6.08. The quantitative estimate of drug-likeness (QED) is 0.206. The highest BCUT2D eigenvalue weighted by Gasteiger charge is 2.17. The molecule has 0 spiro atoms. The first-order chi connectivity index (χ1) is 22.2. The van der Waals surface area contributed by atoms with Crippen molar-refractivity contribution in [3.8, 4) is 57.2 Å². The Morgan fingerprint density at radius 3 is 1.76 bits per heavy atom. The van der Waals surface area contributed by atoms with Crippen molar-refractivity contribution in [1.29, 1.82) is 10.5 Å². The first kappa shape index (κ1) is 26.0. The topological polar surface area (TPSA) is 112 Å². The zero-order chi connectivity index (χ0) is 30.3. The monoisotopic (exact) mass is 576 g/mol. The Morgan fingerprint density at radius 2 is 1.13 bits per heavy atom. The first-order valence-corrected chi connectivity index (χ1v) is 14.2. The molecule has 5 heterocycles. The van der Waals surface area contributed by atoms with Crippen LogP contribution in [0.3, 0.4) is 0 Å². The molecule has 7 heteroatoms. The number of hydrogen-bond acceptors (Lipinski definition) is 7. The maximum atomic E-state index is 9.50. The van der Waals surface area contributed by atoms with Gasteiger partial charge in [0.25, 0.3) is 0 Å². The highest BCUT2D eigenvalue weighted by atomic mass is 16.3. The van der Waals surface area contributed by atoms with Crippen molar-refractivity contribution in [2.24, 2.45) is 0 Å². The van der Waals surface area contributed by atoms with Crippen molar-refractivity contribution in [3.05, 3.63) is 133 Å². The van der Waals surface area contributed by atoms with E-state index in [9.17, 15) is 10.5 Å². The number of fused-ring (bicyclic) bond motifs is 5. The molecule has 0 aliphatic rings.